The van der Waals surface area contributed by atoms with Gasteiger partial charge in [0.1, 0.15) is 23.0 Å². The second kappa shape index (κ2) is 5.74. The van der Waals surface area contributed by atoms with Crippen molar-refractivity contribution < 1.29 is 24.5 Å². The third-order valence-electron chi connectivity index (χ3n) is 4.83. The Morgan fingerprint density at radius 1 is 0.815 bits per heavy atom. The number of fused-ring (bicyclic) bond motifs is 6. The SMILES string of the molecule is O=C1OC2(c3ccc(O)cc3Oc3cc(O)ccc32)c2ccc(I)c(I)c21. The van der Waals surface area contributed by atoms with Crippen molar-refractivity contribution in [1.82, 2.24) is 0 Å². The summed E-state index contributed by atoms with van der Waals surface area (Å²) in [4.78, 5) is 12.9. The molecule has 2 N–H and O–H groups in total. The summed E-state index contributed by atoms with van der Waals surface area (Å²) < 4.78 is 13.7. The minimum atomic E-state index is -1.19. The molecule has 3 aromatic rings. The van der Waals surface area contributed by atoms with Gasteiger partial charge in [0.15, 0.2) is 5.60 Å². The van der Waals surface area contributed by atoms with Crippen molar-refractivity contribution in [2.75, 3.05) is 0 Å². The number of halogens is 2. The Bertz CT molecular complexity index is 1100. The van der Waals surface area contributed by atoms with Crippen LogP contribution in [0.5, 0.6) is 23.0 Å². The smallest absolute Gasteiger partial charge is 0.341 e. The van der Waals surface area contributed by atoms with Crippen molar-refractivity contribution in [3.63, 3.8) is 0 Å². The lowest BCUT2D eigenvalue weighted by atomic mass is 9.77. The van der Waals surface area contributed by atoms with E-state index in [9.17, 15) is 15.0 Å². The summed E-state index contributed by atoms with van der Waals surface area (Å²) in [6.45, 7) is 0. The van der Waals surface area contributed by atoms with Gasteiger partial charge in [-0.2, -0.15) is 0 Å². The second-order valence-corrected chi connectivity index (χ2v) is 8.56. The molecule has 27 heavy (non-hydrogen) atoms. The van der Waals surface area contributed by atoms with Crippen LogP contribution in [-0.4, -0.2) is 16.2 Å². The zero-order valence-corrected chi connectivity index (χ0v) is 17.8. The zero-order valence-electron chi connectivity index (χ0n) is 13.5. The minimum absolute atomic E-state index is 0.0363. The first-order valence-electron chi connectivity index (χ1n) is 7.98. The van der Waals surface area contributed by atoms with Crippen LogP contribution in [0.15, 0.2) is 48.5 Å². The molecule has 0 unspecified atom stereocenters. The highest BCUT2D eigenvalue weighted by Gasteiger charge is 2.54. The molecule has 0 saturated carbocycles. The van der Waals surface area contributed by atoms with Gasteiger partial charge in [-0.15, -0.1) is 0 Å². The summed E-state index contributed by atoms with van der Waals surface area (Å²) in [7, 11) is 0. The van der Waals surface area contributed by atoms with Gasteiger partial charge in [-0.1, -0.05) is 6.07 Å². The summed E-state index contributed by atoms with van der Waals surface area (Å²) in [5, 5.41) is 19.8. The van der Waals surface area contributed by atoms with Crippen LogP contribution < -0.4 is 4.74 Å². The third kappa shape index (κ3) is 2.24. The number of carbonyl (C=O) groups is 1. The summed E-state index contributed by atoms with van der Waals surface area (Å²) >= 11 is 4.35. The lowest BCUT2D eigenvalue weighted by molar-refractivity contribution is 0.0223. The molecule has 0 radical (unpaired) electrons. The molecule has 0 atom stereocenters. The average Bonchev–Trinajstić information content (AvgIpc) is 2.91. The van der Waals surface area contributed by atoms with Crippen LogP contribution >= 0.6 is 45.2 Å². The van der Waals surface area contributed by atoms with Crippen molar-refractivity contribution in [1.29, 1.82) is 0 Å². The largest absolute Gasteiger partial charge is 0.508 e. The maximum atomic E-state index is 12.9. The van der Waals surface area contributed by atoms with E-state index in [2.05, 4.69) is 45.2 Å². The lowest BCUT2D eigenvalue weighted by Crippen LogP contribution is -2.32. The number of aromatic hydroxyl groups is 2. The molecule has 0 aromatic heterocycles. The Morgan fingerprint density at radius 3 is 1.96 bits per heavy atom. The molecular weight excluding hydrogens is 574 g/mol. The van der Waals surface area contributed by atoms with Crippen LogP contribution in [0, 0.1) is 7.14 Å². The molecule has 5 nitrogen and oxygen atoms in total. The van der Waals surface area contributed by atoms with Crippen LogP contribution in [0.3, 0.4) is 0 Å². The predicted molar refractivity (Wildman–Crippen MR) is 113 cm³/mol. The van der Waals surface area contributed by atoms with E-state index in [0.29, 0.717) is 28.2 Å². The third-order valence-corrected chi connectivity index (χ3v) is 7.88. The molecule has 2 aliphatic rings. The van der Waals surface area contributed by atoms with Gasteiger partial charge in [0.2, 0.25) is 0 Å². The normalized spacial score (nSPS) is 15.6. The van der Waals surface area contributed by atoms with Crippen LogP contribution in [0.2, 0.25) is 0 Å². The first-order valence-corrected chi connectivity index (χ1v) is 10.1. The van der Waals surface area contributed by atoms with Gasteiger partial charge in [0.05, 0.1) is 5.56 Å². The minimum Gasteiger partial charge on any atom is -0.508 e. The molecule has 0 fully saturated rings. The quantitative estimate of drug-likeness (QED) is 0.292. The predicted octanol–water partition coefficient (Wildman–Crippen LogP) is 4.88. The number of hydrogen-bond acceptors (Lipinski definition) is 5. The fourth-order valence-corrected chi connectivity index (χ4v) is 4.86. The Labute approximate surface area is 181 Å². The van der Waals surface area contributed by atoms with E-state index < -0.39 is 11.6 Å². The molecule has 0 saturated heterocycles. The number of esters is 1. The molecule has 2 heterocycles. The van der Waals surface area contributed by atoms with Crippen molar-refractivity contribution in [2.24, 2.45) is 0 Å². The molecule has 0 amide bonds. The van der Waals surface area contributed by atoms with Crippen LogP contribution in [-0.2, 0) is 10.3 Å². The van der Waals surface area contributed by atoms with Gasteiger partial charge in [-0.05, 0) is 75.5 Å². The fraction of sp³-hybridized carbons (Fsp3) is 0.0500. The van der Waals surface area contributed by atoms with Crippen molar-refractivity contribution >= 4 is 51.2 Å². The van der Waals surface area contributed by atoms with E-state index >= 15 is 0 Å². The average molecular weight is 584 g/mol. The molecule has 1 spiro atoms. The molecule has 0 bridgehead atoms. The van der Waals surface area contributed by atoms with Crippen LogP contribution in [0.4, 0.5) is 0 Å². The van der Waals surface area contributed by atoms with Gasteiger partial charge in [0, 0.05) is 36.0 Å². The van der Waals surface area contributed by atoms with Gasteiger partial charge >= 0.3 is 5.97 Å². The van der Waals surface area contributed by atoms with Crippen LogP contribution in [0.25, 0.3) is 0 Å². The highest BCUT2D eigenvalue weighted by molar-refractivity contribution is 14.1. The highest BCUT2D eigenvalue weighted by atomic mass is 127. The lowest BCUT2D eigenvalue weighted by Gasteiger charge is -2.36. The number of hydrogen-bond donors (Lipinski definition) is 2. The van der Waals surface area contributed by atoms with E-state index in [4.69, 9.17) is 9.47 Å². The number of rotatable bonds is 0. The topological polar surface area (TPSA) is 76.0 Å². The molecule has 7 heteroatoms. The van der Waals surface area contributed by atoms with Gasteiger partial charge < -0.3 is 19.7 Å². The van der Waals surface area contributed by atoms with Gasteiger partial charge in [-0.25, -0.2) is 4.79 Å². The zero-order chi connectivity index (χ0) is 18.9. The maximum absolute atomic E-state index is 12.9. The van der Waals surface area contributed by atoms with Gasteiger partial charge in [-0.3, -0.25) is 0 Å². The number of ether oxygens (including phenoxy) is 2. The summed E-state index contributed by atoms with van der Waals surface area (Å²) in [5.41, 5.74) is 1.31. The molecule has 5 rings (SSSR count). The number of phenols is 2. The van der Waals surface area contributed by atoms with E-state index in [1.54, 1.807) is 24.3 Å². The second-order valence-electron chi connectivity index (χ2n) is 6.32. The fourth-order valence-electron chi connectivity index (χ4n) is 3.72. The molecule has 134 valence electrons. The highest BCUT2D eigenvalue weighted by Crippen LogP contribution is 2.57. The summed E-state index contributed by atoms with van der Waals surface area (Å²) in [6, 6.07) is 13.3. The first kappa shape index (κ1) is 17.1. The Morgan fingerprint density at radius 2 is 1.37 bits per heavy atom. The van der Waals surface area contributed by atoms with Crippen LogP contribution in [0.1, 0.15) is 27.0 Å². The number of phenolic OH excluding ortho intramolecular Hbond substituents is 2. The molecular formula is C20H10I2O5. The van der Waals surface area contributed by atoms with E-state index in [1.807, 2.05) is 12.1 Å². The maximum Gasteiger partial charge on any atom is 0.341 e. The van der Waals surface area contributed by atoms with E-state index in [0.717, 1.165) is 12.7 Å². The van der Waals surface area contributed by atoms with E-state index in [-0.39, 0.29) is 11.5 Å². The number of benzene rings is 3. The summed E-state index contributed by atoms with van der Waals surface area (Å²) in [5.74, 6) is 0.418. The Hall–Kier alpha value is -2.01. The van der Waals surface area contributed by atoms with Gasteiger partial charge in [0.25, 0.3) is 0 Å². The van der Waals surface area contributed by atoms with Crippen molar-refractivity contribution in [3.05, 3.63) is 77.9 Å². The number of carbonyl (C=O) groups excluding carboxylic acids is 1. The molecule has 0 aliphatic carbocycles. The molecule has 2 aliphatic heterocycles. The standard InChI is InChI=1S/C20H10I2O5/c21-14-6-5-13-17(18(14)22)19(25)27-20(13)11-3-1-9(23)7-15(11)26-16-8-10(24)2-4-12(16)20/h1-8,23-24H. The molecule has 3 aromatic carbocycles. The first-order chi connectivity index (χ1) is 12.9. The van der Waals surface area contributed by atoms with Crippen molar-refractivity contribution in [2.45, 2.75) is 5.60 Å². The van der Waals surface area contributed by atoms with E-state index in [1.165, 1.54) is 12.1 Å². The Kier molecular flexibility index (Phi) is 3.64. The Balaban J connectivity index is 1.92. The van der Waals surface area contributed by atoms with Crippen molar-refractivity contribution in [3.8, 4) is 23.0 Å². The summed E-state index contributed by atoms with van der Waals surface area (Å²) in [6.07, 6.45) is 0. The monoisotopic (exact) mass is 584 g/mol.